The van der Waals surface area contributed by atoms with Crippen LogP contribution in [0.3, 0.4) is 0 Å². The lowest BCUT2D eigenvalue weighted by Gasteiger charge is -1.99. The van der Waals surface area contributed by atoms with E-state index in [0.29, 0.717) is 12.8 Å². The highest BCUT2D eigenvalue weighted by Gasteiger charge is 2.87. The van der Waals surface area contributed by atoms with Gasteiger partial charge in [0.25, 0.3) is 0 Å². The zero-order chi connectivity index (χ0) is 10.4. The number of halogens is 1. The second-order valence-electron chi connectivity index (χ2n) is 4.52. The van der Waals surface area contributed by atoms with E-state index in [1.807, 2.05) is 13.1 Å². The average molecular weight is 196 g/mol. The summed E-state index contributed by atoms with van der Waals surface area (Å²) >= 11 is 0. The lowest BCUT2D eigenvalue weighted by molar-refractivity contribution is 0.389. The largest absolute Gasteiger partial charge is 0.263 e. The molecule has 2 fully saturated rings. The normalized spacial score (nSPS) is 36.9. The Hall–Kier alpha value is -0.860. The second-order valence-corrected chi connectivity index (χ2v) is 4.52. The minimum atomic E-state index is -0.870. The molecule has 0 spiro atoms. The molecule has 0 atom stereocenters. The lowest BCUT2D eigenvalue weighted by atomic mass is 10.3. The number of hydrogen-bond acceptors (Lipinski definition) is 1. The van der Waals surface area contributed by atoms with Gasteiger partial charge in [0, 0.05) is 19.0 Å². The molecule has 78 valence electrons. The maximum absolute atomic E-state index is 13.2. The van der Waals surface area contributed by atoms with Crippen LogP contribution < -0.4 is 0 Å². The molecule has 0 amide bonds. The predicted molar refractivity (Wildman–Crippen MR) is 54.0 cm³/mol. The van der Waals surface area contributed by atoms with Crippen molar-refractivity contribution in [3.8, 4) is 0 Å². The van der Waals surface area contributed by atoms with Gasteiger partial charge in [0.2, 0.25) is 0 Å². The van der Waals surface area contributed by atoms with E-state index in [2.05, 4.69) is 18.9 Å². The average Bonchev–Trinajstić information content (AvgIpc) is 2.71. The predicted octanol–water partition coefficient (Wildman–Crippen LogP) is 2.82. The van der Waals surface area contributed by atoms with Crippen molar-refractivity contribution in [3.05, 3.63) is 18.0 Å². The van der Waals surface area contributed by atoms with Crippen LogP contribution >= 0.6 is 0 Å². The Bertz CT molecular complexity index is 337. The van der Waals surface area contributed by atoms with E-state index in [4.69, 9.17) is 0 Å². The van der Waals surface area contributed by atoms with Crippen molar-refractivity contribution in [3.63, 3.8) is 0 Å². The third kappa shape index (κ3) is 1.18. The number of aryl methyl sites for hydroxylation is 1. The van der Waals surface area contributed by atoms with Crippen LogP contribution in [0.15, 0.2) is 12.4 Å². The molecule has 14 heavy (non-hydrogen) atoms. The fourth-order valence-corrected chi connectivity index (χ4v) is 1.80. The van der Waals surface area contributed by atoms with Gasteiger partial charge >= 0.3 is 0 Å². The SMILES string of the molecule is CCC.Cc1cnn(C23CC2(F)C3)c1. The molecule has 1 aromatic heterocycles. The van der Waals surface area contributed by atoms with E-state index < -0.39 is 5.67 Å². The highest BCUT2D eigenvalue weighted by Crippen LogP contribution is 2.78. The minimum absolute atomic E-state index is 0.193. The van der Waals surface area contributed by atoms with Gasteiger partial charge in [-0.2, -0.15) is 5.10 Å². The van der Waals surface area contributed by atoms with Gasteiger partial charge in [0.05, 0.1) is 6.20 Å². The Balaban J connectivity index is 0.000000226. The first kappa shape index (κ1) is 9.69. The number of hydrogen-bond donors (Lipinski definition) is 0. The smallest absolute Gasteiger partial charge is 0.141 e. The Labute approximate surface area is 84.1 Å². The van der Waals surface area contributed by atoms with Crippen LogP contribution in [0.5, 0.6) is 0 Å². The van der Waals surface area contributed by atoms with Crippen molar-refractivity contribution < 1.29 is 4.39 Å². The quantitative estimate of drug-likeness (QED) is 0.675. The van der Waals surface area contributed by atoms with E-state index in [1.54, 1.807) is 10.9 Å². The summed E-state index contributed by atoms with van der Waals surface area (Å²) in [4.78, 5) is 0. The number of rotatable bonds is 1. The molecule has 1 heterocycles. The zero-order valence-electron chi connectivity index (χ0n) is 9.05. The summed E-state index contributed by atoms with van der Waals surface area (Å²) in [5.74, 6) is 0. The van der Waals surface area contributed by atoms with Crippen LogP contribution in [-0.4, -0.2) is 15.4 Å². The van der Waals surface area contributed by atoms with Gasteiger partial charge < -0.3 is 0 Å². The van der Waals surface area contributed by atoms with Crippen LogP contribution in [0.25, 0.3) is 0 Å². The summed E-state index contributed by atoms with van der Waals surface area (Å²) in [6.07, 6.45) is 6.32. The van der Waals surface area contributed by atoms with Gasteiger partial charge in [-0.25, -0.2) is 4.39 Å². The van der Waals surface area contributed by atoms with Gasteiger partial charge in [-0.05, 0) is 12.5 Å². The molecule has 3 heteroatoms. The first-order valence-electron chi connectivity index (χ1n) is 5.28. The molecule has 2 aliphatic carbocycles. The van der Waals surface area contributed by atoms with Crippen molar-refractivity contribution in [2.75, 3.05) is 0 Å². The lowest BCUT2D eigenvalue weighted by Crippen LogP contribution is -2.06. The first-order chi connectivity index (χ1) is 6.58. The first-order valence-corrected chi connectivity index (χ1v) is 5.28. The molecular weight excluding hydrogens is 179 g/mol. The van der Waals surface area contributed by atoms with Gasteiger partial charge in [0.15, 0.2) is 0 Å². The number of fused-ring (bicyclic) bond motifs is 1. The summed E-state index contributed by atoms with van der Waals surface area (Å²) in [6.45, 7) is 6.23. The summed E-state index contributed by atoms with van der Waals surface area (Å²) in [6, 6.07) is 0. The maximum atomic E-state index is 13.2. The van der Waals surface area contributed by atoms with E-state index in [9.17, 15) is 4.39 Å². The zero-order valence-corrected chi connectivity index (χ0v) is 9.05. The molecule has 2 saturated carbocycles. The van der Waals surface area contributed by atoms with Crippen LogP contribution in [0.2, 0.25) is 0 Å². The third-order valence-electron chi connectivity index (χ3n) is 2.88. The molecule has 0 radical (unpaired) electrons. The molecule has 3 rings (SSSR count). The third-order valence-corrected chi connectivity index (χ3v) is 2.88. The van der Waals surface area contributed by atoms with Crippen molar-refractivity contribution in [1.29, 1.82) is 0 Å². The van der Waals surface area contributed by atoms with Crippen molar-refractivity contribution in [2.24, 2.45) is 0 Å². The fraction of sp³-hybridized carbons (Fsp3) is 0.727. The molecule has 2 aliphatic rings. The molecule has 0 aromatic carbocycles. The van der Waals surface area contributed by atoms with Gasteiger partial charge in [-0.15, -0.1) is 0 Å². The molecular formula is C11H17FN2. The van der Waals surface area contributed by atoms with Crippen LogP contribution in [-0.2, 0) is 5.54 Å². The summed E-state index contributed by atoms with van der Waals surface area (Å²) in [5, 5.41) is 4.11. The Morgan fingerprint density at radius 3 is 2.29 bits per heavy atom. The highest BCUT2D eigenvalue weighted by atomic mass is 19.1. The second kappa shape index (κ2) is 2.81. The van der Waals surface area contributed by atoms with Crippen molar-refractivity contribution >= 4 is 0 Å². The van der Waals surface area contributed by atoms with Crippen LogP contribution in [0.4, 0.5) is 4.39 Å². The van der Waals surface area contributed by atoms with Gasteiger partial charge in [-0.3, -0.25) is 4.68 Å². The Morgan fingerprint density at radius 1 is 1.50 bits per heavy atom. The Kier molecular flexibility index (Phi) is 1.95. The highest BCUT2D eigenvalue weighted by molar-refractivity contribution is 5.38. The van der Waals surface area contributed by atoms with Crippen LogP contribution in [0, 0.1) is 6.92 Å². The van der Waals surface area contributed by atoms with Crippen LogP contribution in [0.1, 0.15) is 38.7 Å². The summed E-state index contributed by atoms with van der Waals surface area (Å²) in [7, 11) is 0. The molecule has 0 N–H and O–H groups in total. The number of aromatic nitrogens is 2. The van der Waals surface area contributed by atoms with E-state index in [-0.39, 0.29) is 5.54 Å². The molecule has 2 nitrogen and oxygen atoms in total. The Morgan fingerprint density at radius 2 is 2.00 bits per heavy atom. The maximum Gasteiger partial charge on any atom is 0.141 e. The molecule has 0 aliphatic heterocycles. The van der Waals surface area contributed by atoms with Gasteiger partial charge in [0.1, 0.15) is 11.2 Å². The van der Waals surface area contributed by atoms with Crippen molar-refractivity contribution in [2.45, 2.75) is 51.2 Å². The number of nitrogens with zero attached hydrogens (tertiary/aromatic N) is 2. The fourth-order valence-electron chi connectivity index (χ4n) is 1.80. The standard InChI is InChI=1S/C8H9FN2.C3H8/c1-6-2-10-11(3-6)8-4-7(8,9)5-8;1-3-2/h2-3H,4-5H2,1H3;3H2,1-2H3. The molecule has 0 saturated heterocycles. The minimum Gasteiger partial charge on any atom is -0.263 e. The van der Waals surface area contributed by atoms with Crippen molar-refractivity contribution in [1.82, 2.24) is 9.78 Å². The number of alkyl halides is 1. The van der Waals surface area contributed by atoms with E-state index in [0.717, 1.165) is 5.56 Å². The summed E-state index contributed by atoms with van der Waals surface area (Å²) < 4.78 is 15.0. The molecule has 1 aromatic rings. The monoisotopic (exact) mass is 196 g/mol. The molecule has 0 unspecified atom stereocenters. The van der Waals surface area contributed by atoms with E-state index >= 15 is 0 Å². The van der Waals surface area contributed by atoms with E-state index in [1.165, 1.54) is 6.42 Å². The topological polar surface area (TPSA) is 17.8 Å². The summed E-state index contributed by atoms with van der Waals surface area (Å²) in [5.41, 5.74) is 0.0488. The van der Waals surface area contributed by atoms with Gasteiger partial charge in [-0.1, -0.05) is 20.3 Å². The molecule has 0 bridgehead atoms.